The third-order valence-electron chi connectivity index (χ3n) is 3.90. The zero-order valence-corrected chi connectivity index (χ0v) is 14.8. The topological polar surface area (TPSA) is 86.5 Å². The van der Waals surface area contributed by atoms with Gasteiger partial charge in [-0.2, -0.15) is 0 Å². The van der Waals surface area contributed by atoms with Crippen molar-refractivity contribution in [2.45, 2.75) is 13.5 Å². The fourth-order valence-electron chi connectivity index (χ4n) is 2.58. The highest BCUT2D eigenvalue weighted by atomic mass is 16.5. The second-order valence-corrected chi connectivity index (χ2v) is 5.61. The number of rotatable bonds is 6. The molecule has 0 aliphatic carbocycles. The Morgan fingerprint density at radius 2 is 1.77 bits per heavy atom. The number of aromatic nitrogens is 2. The van der Waals surface area contributed by atoms with Gasteiger partial charge in [-0.05, 0) is 36.8 Å². The van der Waals surface area contributed by atoms with Gasteiger partial charge in [-0.15, -0.1) is 0 Å². The van der Waals surface area contributed by atoms with E-state index in [4.69, 9.17) is 14.0 Å². The summed E-state index contributed by atoms with van der Waals surface area (Å²) in [6.45, 7) is 2.05. The van der Waals surface area contributed by atoms with Gasteiger partial charge in [0.1, 0.15) is 17.1 Å². The third kappa shape index (κ3) is 3.66. The van der Waals surface area contributed by atoms with Crippen molar-refractivity contribution < 1.29 is 18.8 Å². The molecule has 0 bridgehead atoms. The Kier molecular flexibility index (Phi) is 5.17. The molecule has 0 aliphatic heterocycles. The molecule has 1 aromatic carbocycles. The smallest absolute Gasteiger partial charge is 0.257 e. The molecule has 0 unspecified atom stereocenters. The van der Waals surface area contributed by atoms with E-state index < -0.39 is 0 Å². The van der Waals surface area contributed by atoms with Crippen molar-refractivity contribution in [1.29, 1.82) is 0 Å². The highest BCUT2D eigenvalue weighted by Gasteiger charge is 2.21. The third-order valence-corrected chi connectivity index (χ3v) is 3.90. The van der Waals surface area contributed by atoms with Crippen molar-refractivity contribution in [2.75, 3.05) is 14.2 Å². The van der Waals surface area contributed by atoms with Gasteiger partial charge in [-0.3, -0.25) is 9.78 Å². The Balaban J connectivity index is 1.81. The highest BCUT2D eigenvalue weighted by molar-refractivity contribution is 6.00. The summed E-state index contributed by atoms with van der Waals surface area (Å²) in [5.74, 6) is 1.47. The second kappa shape index (κ2) is 7.69. The van der Waals surface area contributed by atoms with Gasteiger partial charge in [-0.25, -0.2) is 0 Å². The minimum absolute atomic E-state index is 0.266. The summed E-state index contributed by atoms with van der Waals surface area (Å²) in [6.07, 6.45) is 3.27. The molecule has 2 heterocycles. The quantitative estimate of drug-likeness (QED) is 0.733. The fraction of sp³-hybridized carbons (Fsp3) is 0.211. The minimum Gasteiger partial charge on any atom is -0.497 e. The van der Waals surface area contributed by atoms with E-state index in [-0.39, 0.29) is 5.91 Å². The minimum atomic E-state index is -0.266. The summed E-state index contributed by atoms with van der Waals surface area (Å²) in [7, 11) is 3.16. The predicted octanol–water partition coefficient (Wildman–Crippen LogP) is 2.99. The van der Waals surface area contributed by atoms with Crippen LogP contribution in [0.5, 0.6) is 11.5 Å². The van der Waals surface area contributed by atoms with Crippen molar-refractivity contribution in [3.63, 3.8) is 0 Å². The van der Waals surface area contributed by atoms with Crippen LogP contribution in [0.4, 0.5) is 0 Å². The molecule has 0 aliphatic rings. The van der Waals surface area contributed by atoms with Crippen LogP contribution in [0, 0.1) is 6.92 Å². The molecule has 1 amide bonds. The molecule has 7 nitrogen and oxygen atoms in total. The summed E-state index contributed by atoms with van der Waals surface area (Å²) >= 11 is 0. The van der Waals surface area contributed by atoms with Crippen molar-refractivity contribution in [3.05, 3.63) is 59.5 Å². The summed E-state index contributed by atoms with van der Waals surface area (Å²) in [4.78, 5) is 16.7. The van der Waals surface area contributed by atoms with E-state index in [2.05, 4.69) is 15.5 Å². The molecule has 0 saturated heterocycles. The van der Waals surface area contributed by atoms with Gasteiger partial charge >= 0.3 is 0 Å². The second-order valence-electron chi connectivity index (χ2n) is 5.61. The number of nitrogens with zero attached hydrogens (tertiary/aromatic N) is 2. The molecular weight excluding hydrogens is 334 g/mol. The lowest BCUT2D eigenvalue weighted by molar-refractivity contribution is 0.0950. The number of pyridine rings is 1. The summed E-state index contributed by atoms with van der Waals surface area (Å²) < 4.78 is 15.8. The number of ether oxygens (including phenoxy) is 2. The standard InChI is InChI=1S/C19H19N3O4/c1-12-17(18(26-22-12)14-4-6-20-7-5-14)19(23)21-11-13-8-15(24-2)10-16(9-13)25-3/h4-10H,11H2,1-3H3,(H,21,23). The lowest BCUT2D eigenvalue weighted by Gasteiger charge is -2.10. The van der Waals surface area contributed by atoms with Gasteiger partial charge < -0.3 is 19.3 Å². The van der Waals surface area contributed by atoms with Crippen LogP contribution in [-0.4, -0.2) is 30.3 Å². The Labute approximate surface area is 150 Å². The molecule has 0 spiro atoms. The molecule has 26 heavy (non-hydrogen) atoms. The number of carbonyl (C=O) groups is 1. The first-order valence-electron chi connectivity index (χ1n) is 7.99. The Bertz CT molecular complexity index is 884. The van der Waals surface area contributed by atoms with Gasteiger partial charge in [0.05, 0.1) is 19.9 Å². The molecule has 3 rings (SSSR count). The van der Waals surface area contributed by atoms with E-state index in [0.29, 0.717) is 35.1 Å². The molecule has 2 aromatic heterocycles. The van der Waals surface area contributed by atoms with E-state index >= 15 is 0 Å². The first-order valence-corrected chi connectivity index (χ1v) is 7.99. The van der Waals surface area contributed by atoms with Gasteiger partial charge in [0.15, 0.2) is 5.76 Å². The van der Waals surface area contributed by atoms with E-state index in [9.17, 15) is 4.79 Å². The Morgan fingerprint density at radius 3 is 2.38 bits per heavy atom. The highest BCUT2D eigenvalue weighted by Crippen LogP contribution is 2.26. The van der Waals surface area contributed by atoms with Gasteiger partial charge in [0.2, 0.25) is 0 Å². The Morgan fingerprint density at radius 1 is 1.12 bits per heavy atom. The molecular formula is C19H19N3O4. The SMILES string of the molecule is COc1cc(CNC(=O)c2c(C)noc2-c2ccncc2)cc(OC)c1. The van der Waals surface area contributed by atoms with Crippen molar-refractivity contribution in [3.8, 4) is 22.8 Å². The monoisotopic (exact) mass is 353 g/mol. The maximum absolute atomic E-state index is 12.7. The molecule has 7 heteroatoms. The molecule has 0 radical (unpaired) electrons. The van der Waals surface area contributed by atoms with Crippen LogP contribution in [0.1, 0.15) is 21.6 Å². The number of aryl methyl sites for hydroxylation is 1. The van der Waals surface area contributed by atoms with Crippen LogP contribution in [0.2, 0.25) is 0 Å². The van der Waals surface area contributed by atoms with Crippen LogP contribution in [-0.2, 0) is 6.54 Å². The summed E-state index contributed by atoms with van der Waals surface area (Å²) in [6, 6.07) is 8.99. The van der Waals surface area contributed by atoms with Gasteiger partial charge in [0.25, 0.3) is 5.91 Å². The first-order chi connectivity index (χ1) is 12.6. The van der Waals surface area contributed by atoms with Gasteiger partial charge in [-0.1, -0.05) is 5.16 Å². The lowest BCUT2D eigenvalue weighted by atomic mass is 10.1. The zero-order chi connectivity index (χ0) is 18.5. The zero-order valence-electron chi connectivity index (χ0n) is 14.8. The lowest BCUT2D eigenvalue weighted by Crippen LogP contribution is -2.23. The van der Waals surface area contributed by atoms with E-state index in [0.717, 1.165) is 11.1 Å². The maximum atomic E-state index is 12.7. The number of methoxy groups -OCH3 is 2. The van der Waals surface area contributed by atoms with Crippen molar-refractivity contribution >= 4 is 5.91 Å². The summed E-state index contributed by atoms with van der Waals surface area (Å²) in [5.41, 5.74) is 2.53. The van der Waals surface area contributed by atoms with Gasteiger partial charge in [0, 0.05) is 30.6 Å². The number of hydrogen-bond donors (Lipinski definition) is 1. The molecule has 0 fully saturated rings. The molecule has 0 saturated carbocycles. The van der Waals surface area contributed by atoms with Crippen molar-refractivity contribution in [2.24, 2.45) is 0 Å². The van der Waals surface area contributed by atoms with Crippen LogP contribution < -0.4 is 14.8 Å². The predicted molar refractivity (Wildman–Crippen MR) is 95.2 cm³/mol. The van der Waals surface area contributed by atoms with Crippen LogP contribution in [0.3, 0.4) is 0 Å². The number of nitrogens with one attached hydrogen (secondary N) is 1. The number of amides is 1. The fourth-order valence-corrected chi connectivity index (χ4v) is 2.58. The first kappa shape index (κ1) is 17.5. The van der Waals surface area contributed by atoms with Crippen LogP contribution in [0.15, 0.2) is 47.2 Å². The number of carbonyl (C=O) groups excluding carboxylic acids is 1. The summed E-state index contributed by atoms with van der Waals surface area (Å²) in [5, 5.41) is 6.82. The van der Waals surface area contributed by atoms with Crippen LogP contribution in [0.25, 0.3) is 11.3 Å². The molecule has 0 atom stereocenters. The van der Waals surface area contributed by atoms with E-state index in [1.54, 1.807) is 51.7 Å². The number of benzene rings is 1. The van der Waals surface area contributed by atoms with Crippen molar-refractivity contribution in [1.82, 2.24) is 15.5 Å². The van der Waals surface area contributed by atoms with E-state index in [1.807, 2.05) is 12.1 Å². The van der Waals surface area contributed by atoms with Crippen LogP contribution >= 0.6 is 0 Å². The molecule has 134 valence electrons. The Hall–Kier alpha value is -3.35. The average molecular weight is 353 g/mol. The largest absolute Gasteiger partial charge is 0.497 e. The number of hydrogen-bond acceptors (Lipinski definition) is 6. The molecule has 3 aromatic rings. The van der Waals surface area contributed by atoms with E-state index in [1.165, 1.54) is 0 Å². The molecule has 1 N–H and O–H groups in total. The average Bonchev–Trinajstić information content (AvgIpc) is 3.08. The maximum Gasteiger partial charge on any atom is 0.257 e. The normalized spacial score (nSPS) is 10.4.